The number of Topliss-reactive ketones (excluding diaryl/α,β-unsaturated/α-hetero) is 1. The van der Waals surface area contributed by atoms with Gasteiger partial charge in [-0.3, -0.25) is 4.79 Å². The quantitative estimate of drug-likeness (QED) is 0.418. The fourth-order valence-electron chi connectivity index (χ4n) is 5.10. The van der Waals surface area contributed by atoms with Gasteiger partial charge in [0.05, 0.1) is 29.8 Å². The molecule has 2 heterocycles. The highest BCUT2D eigenvalue weighted by molar-refractivity contribution is 7.93. The van der Waals surface area contributed by atoms with E-state index in [-0.39, 0.29) is 22.1 Å². The van der Waals surface area contributed by atoms with Gasteiger partial charge in [-0.05, 0) is 90.4 Å². The zero-order chi connectivity index (χ0) is 31.4. The Balaban J connectivity index is 1.78. The molecule has 0 saturated carbocycles. The number of hydrogen-bond donors (Lipinski definition) is 1. The Kier molecular flexibility index (Phi) is 9.83. The summed E-state index contributed by atoms with van der Waals surface area (Å²) in [4.78, 5) is 41.6. The van der Waals surface area contributed by atoms with Crippen LogP contribution in [0.1, 0.15) is 52.5 Å². The van der Waals surface area contributed by atoms with Crippen molar-refractivity contribution in [2.75, 3.05) is 37.2 Å². The number of hydrogen-bond acceptors (Lipinski definition) is 9. The van der Waals surface area contributed by atoms with Crippen molar-refractivity contribution in [1.29, 1.82) is 0 Å². The van der Waals surface area contributed by atoms with Crippen molar-refractivity contribution in [3.63, 3.8) is 0 Å². The van der Waals surface area contributed by atoms with Gasteiger partial charge in [0.25, 0.3) is 10.0 Å². The molecule has 2 saturated heterocycles. The normalized spacial score (nSPS) is 18.9. The summed E-state index contributed by atoms with van der Waals surface area (Å²) in [6.07, 6.45) is 0.430. The molecule has 0 unspecified atom stereocenters. The maximum absolute atomic E-state index is 14.4. The molecular weight excluding hydrogens is 574 g/mol. The summed E-state index contributed by atoms with van der Waals surface area (Å²) >= 11 is 0. The summed E-state index contributed by atoms with van der Waals surface area (Å²) in [5.41, 5.74) is -1.95. The second kappa shape index (κ2) is 13.0. The summed E-state index contributed by atoms with van der Waals surface area (Å²) in [7, 11) is -4.42. The van der Waals surface area contributed by atoms with Crippen molar-refractivity contribution >= 4 is 33.6 Å². The monoisotopic (exact) mass is 615 g/mol. The first-order chi connectivity index (χ1) is 20.2. The Morgan fingerprint density at radius 2 is 1.63 bits per heavy atom. The SMILES string of the molecule is Cc1ccc(S(=O)(=O)N(c2ccc(OC(=O)N3CCOCC3)cc2)[C@@](C)(CC(=O)[C@@H]2CCCN2)C(=O)OC(C)(C)C)cc1. The average molecular weight is 616 g/mol. The molecule has 0 radical (unpaired) electrons. The number of benzene rings is 2. The Morgan fingerprint density at radius 1 is 1.00 bits per heavy atom. The van der Waals surface area contributed by atoms with E-state index in [9.17, 15) is 22.8 Å². The van der Waals surface area contributed by atoms with Crippen LogP contribution in [0.5, 0.6) is 5.75 Å². The summed E-state index contributed by atoms with van der Waals surface area (Å²) in [5, 5.41) is 3.14. The maximum atomic E-state index is 14.4. The minimum Gasteiger partial charge on any atom is -0.458 e. The van der Waals surface area contributed by atoms with Crippen molar-refractivity contribution in [3.8, 4) is 5.75 Å². The molecule has 2 aromatic rings. The molecule has 0 spiro atoms. The number of aryl methyl sites for hydroxylation is 1. The van der Waals surface area contributed by atoms with E-state index in [1.54, 1.807) is 32.9 Å². The van der Waals surface area contributed by atoms with Gasteiger partial charge in [-0.25, -0.2) is 22.3 Å². The lowest BCUT2D eigenvalue weighted by molar-refractivity contribution is -0.161. The molecule has 12 heteroatoms. The molecule has 2 atom stereocenters. The zero-order valence-corrected chi connectivity index (χ0v) is 26.2. The Morgan fingerprint density at radius 3 is 2.19 bits per heavy atom. The van der Waals surface area contributed by atoms with Gasteiger partial charge in [-0.15, -0.1) is 0 Å². The van der Waals surface area contributed by atoms with E-state index in [1.807, 2.05) is 6.92 Å². The number of ether oxygens (including phenoxy) is 3. The highest BCUT2D eigenvalue weighted by Crippen LogP contribution is 2.37. The van der Waals surface area contributed by atoms with Crippen LogP contribution in [-0.2, 0) is 29.1 Å². The number of ketones is 1. The molecule has 0 aliphatic carbocycles. The number of morpholine rings is 1. The number of amides is 1. The average Bonchev–Trinajstić information content (AvgIpc) is 3.49. The van der Waals surface area contributed by atoms with E-state index >= 15 is 0 Å². The van der Waals surface area contributed by atoms with Crippen LogP contribution in [0, 0.1) is 6.92 Å². The van der Waals surface area contributed by atoms with Gasteiger partial charge >= 0.3 is 12.1 Å². The molecule has 0 aromatic heterocycles. The molecule has 2 aliphatic rings. The number of carbonyl (C=O) groups excluding carboxylic acids is 3. The van der Waals surface area contributed by atoms with Crippen molar-refractivity contribution in [2.45, 2.75) is 76.0 Å². The van der Waals surface area contributed by atoms with Crippen molar-refractivity contribution in [3.05, 3.63) is 54.1 Å². The highest BCUT2D eigenvalue weighted by Gasteiger charge is 2.51. The summed E-state index contributed by atoms with van der Waals surface area (Å²) in [5.74, 6) is -0.950. The molecule has 2 fully saturated rings. The lowest BCUT2D eigenvalue weighted by Gasteiger charge is -2.41. The van der Waals surface area contributed by atoms with Crippen molar-refractivity contribution in [1.82, 2.24) is 10.2 Å². The van der Waals surface area contributed by atoms with Crippen LogP contribution in [0.3, 0.4) is 0 Å². The van der Waals surface area contributed by atoms with Crippen LogP contribution >= 0.6 is 0 Å². The Labute approximate surface area is 253 Å². The molecule has 0 bridgehead atoms. The minimum atomic E-state index is -4.42. The first-order valence-electron chi connectivity index (χ1n) is 14.5. The first kappa shape index (κ1) is 32.4. The molecule has 43 heavy (non-hydrogen) atoms. The van der Waals surface area contributed by atoms with Gasteiger partial charge in [0.2, 0.25) is 0 Å². The largest absolute Gasteiger partial charge is 0.458 e. The van der Waals surface area contributed by atoms with Gasteiger partial charge in [-0.1, -0.05) is 17.7 Å². The molecule has 1 amide bonds. The fourth-order valence-corrected chi connectivity index (χ4v) is 6.86. The number of rotatable bonds is 9. The van der Waals surface area contributed by atoms with E-state index in [4.69, 9.17) is 14.2 Å². The number of nitrogens with zero attached hydrogens (tertiary/aromatic N) is 2. The van der Waals surface area contributed by atoms with Crippen molar-refractivity contribution < 1.29 is 37.0 Å². The highest BCUT2D eigenvalue weighted by atomic mass is 32.2. The van der Waals surface area contributed by atoms with Crippen LogP contribution in [0.4, 0.5) is 10.5 Å². The molecule has 2 aromatic carbocycles. The van der Waals surface area contributed by atoms with Gasteiger partial charge in [0.1, 0.15) is 11.4 Å². The van der Waals surface area contributed by atoms with E-state index in [0.29, 0.717) is 39.3 Å². The lowest BCUT2D eigenvalue weighted by Crippen LogP contribution is -2.59. The van der Waals surface area contributed by atoms with Crippen LogP contribution in [0.2, 0.25) is 0 Å². The smallest absolute Gasteiger partial charge is 0.415 e. The van der Waals surface area contributed by atoms with E-state index in [1.165, 1.54) is 48.2 Å². The zero-order valence-electron chi connectivity index (χ0n) is 25.4. The topological polar surface area (TPSA) is 132 Å². The molecule has 2 aliphatic heterocycles. The molecule has 11 nitrogen and oxygen atoms in total. The van der Waals surface area contributed by atoms with Gasteiger partial charge in [0.15, 0.2) is 11.3 Å². The van der Waals surface area contributed by atoms with Crippen LogP contribution < -0.4 is 14.4 Å². The molecule has 1 N–H and O–H groups in total. The van der Waals surface area contributed by atoms with Crippen LogP contribution in [0.15, 0.2) is 53.4 Å². The number of carbonyl (C=O) groups is 3. The fraction of sp³-hybridized carbons (Fsp3) is 0.516. The second-order valence-corrected chi connectivity index (χ2v) is 13.9. The van der Waals surface area contributed by atoms with E-state index < -0.39 is 45.7 Å². The predicted molar refractivity (Wildman–Crippen MR) is 161 cm³/mol. The molecular formula is C31H41N3O8S. The Hall–Kier alpha value is -3.48. The van der Waals surface area contributed by atoms with Crippen LogP contribution in [-0.4, -0.2) is 81.2 Å². The predicted octanol–water partition coefficient (Wildman–Crippen LogP) is 3.83. The first-order valence-corrected chi connectivity index (χ1v) is 15.9. The third kappa shape index (κ3) is 7.73. The van der Waals surface area contributed by atoms with Gasteiger partial charge in [-0.2, -0.15) is 0 Å². The number of esters is 1. The summed E-state index contributed by atoms with van der Waals surface area (Å²) in [6, 6.07) is 11.6. The number of nitrogens with one attached hydrogen (secondary N) is 1. The number of sulfonamides is 1. The van der Waals surface area contributed by atoms with Crippen LogP contribution in [0.25, 0.3) is 0 Å². The molecule has 234 valence electrons. The van der Waals surface area contributed by atoms with Gasteiger partial charge in [0, 0.05) is 19.5 Å². The third-order valence-electron chi connectivity index (χ3n) is 7.36. The third-order valence-corrected chi connectivity index (χ3v) is 9.32. The van der Waals surface area contributed by atoms with E-state index in [0.717, 1.165) is 16.3 Å². The number of anilines is 1. The van der Waals surface area contributed by atoms with Gasteiger partial charge < -0.3 is 24.4 Å². The van der Waals surface area contributed by atoms with Crippen molar-refractivity contribution in [2.24, 2.45) is 0 Å². The summed E-state index contributed by atoms with van der Waals surface area (Å²) < 4.78 is 46.4. The van der Waals surface area contributed by atoms with E-state index in [2.05, 4.69) is 5.32 Å². The summed E-state index contributed by atoms with van der Waals surface area (Å²) in [6.45, 7) is 10.6. The minimum absolute atomic E-state index is 0.0536. The second-order valence-electron chi connectivity index (χ2n) is 12.1. The molecule has 4 rings (SSSR count). The lowest BCUT2D eigenvalue weighted by atomic mass is 9.91. The standard InChI is InChI=1S/C31H41N3O8S/c1-22-8-14-25(15-9-22)43(38,39)34(23-10-12-24(13-11-23)41-29(37)33-17-19-40-20-18-33)31(5,28(36)42-30(2,3)4)21-27(35)26-7-6-16-32-26/h8-15,26,32H,6-7,16-21H2,1-5H3/t26-,31-/m0/s1. The Bertz CT molecular complexity index is 1410. The maximum Gasteiger partial charge on any atom is 0.415 e.